The third-order valence-electron chi connectivity index (χ3n) is 11.3. The first-order chi connectivity index (χ1) is 21.6. The number of urea groups is 1. The molecule has 5 unspecified atom stereocenters. The molecule has 2 aliphatic heterocycles. The summed E-state index contributed by atoms with van der Waals surface area (Å²) in [6.45, 7) is 1.21. The first-order valence-corrected chi connectivity index (χ1v) is 17.3. The number of nitrogens with zero attached hydrogens (tertiary/aromatic N) is 4. The number of pyridine rings is 1. The number of amides is 4. The van der Waals surface area contributed by atoms with Crippen LogP contribution in [0.5, 0.6) is 5.75 Å². The molecular weight excluding hydrogens is 592 g/mol. The number of carbonyl (C=O) groups excluding carboxylic acids is 3. The van der Waals surface area contributed by atoms with Crippen LogP contribution < -0.4 is 4.18 Å². The zero-order valence-corrected chi connectivity index (χ0v) is 26.0. The molecule has 5 atom stereocenters. The first kappa shape index (κ1) is 28.5. The molecule has 2 saturated heterocycles. The summed E-state index contributed by atoms with van der Waals surface area (Å²) in [4.78, 5) is 49.2. The van der Waals surface area contributed by atoms with Crippen LogP contribution in [0.4, 0.5) is 4.79 Å². The van der Waals surface area contributed by atoms with Crippen LogP contribution in [-0.2, 0) is 26.1 Å². The molecule has 5 fully saturated rings. The summed E-state index contributed by atoms with van der Waals surface area (Å²) in [6, 6.07) is 12.1. The number of rotatable bonds is 7. The average molecular weight is 629 g/mol. The van der Waals surface area contributed by atoms with E-state index in [0.717, 1.165) is 30.2 Å². The zero-order valence-electron chi connectivity index (χ0n) is 25.2. The van der Waals surface area contributed by atoms with Gasteiger partial charge in [0.05, 0.1) is 5.41 Å². The minimum Gasteiger partial charge on any atom is -0.379 e. The van der Waals surface area contributed by atoms with Crippen molar-refractivity contribution in [2.45, 2.75) is 61.9 Å². The van der Waals surface area contributed by atoms with Crippen molar-refractivity contribution in [3.05, 3.63) is 66.5 Å². The van der Waals surface area contributed by atoms with Crippen molar-refractivity contribution in [1.29, 1.82) is 0 Å². The molecule has 2 aromatic carbocycles. The number of carbonyl (C=O) groups is 3. The number of hydrogen-bond acceptors (Lipinski definition) is 7. The molecule has 1 aromatic heterocycles. The number of piperidine rings is 1. The maximum Gasteiger partial charge on any atom is 0.339 e. The van der Waals surface area contributed by atoms with E-state index in [1.807, 2.05) is 4.90 Å². The summed E-state index contributed by atoms with van der Waals surface area (Å²) in [5, 5.41) is 1.21. The second-order valence-corrected chi connectivity index (χ2v) is 15.1. The predicted molar refractivity (Wildman–Crippen MR) is 164 cm³/mol. The molecule has 10 nitrogen and oxygen atoms in total. The molecule has 5 aliphatic rings. The summed E-state index contributed by atoms with van der Waals surface area (Å²) in [5.41, 5.74) is 0.662. The highest BCUT2D eigenvalue weighted by Crippen LogP contribution is 2.71. The fraction of sp³-hybridized carbons (Fsp3) is 0.471. The van der Waals surface area contributed by atoms with Gasteiger partial charge < -0.3 is 14.0 Å². The standard InChI is InChI=1S/C34H36N4O6S/c1-36-31(39)29(17-21-5-7-26(8-6-21)44-45(42,43)30-4-2-3-23-20-35-12-9-27(23)30)38(33(36)41)25-10-13-37(14-11-25)32(40)34-18-22-15-24(19-34)28(34)16-22/h2-9,12,20,22,24-25,28-29H,10-11,13-19H2,1H3. The number of hydrogen-bond donors (Lipinski definition) is 0. The van der Waals surface area contributed by atoms with Crippen LogP contribution in [0.2, 0.25) is 0 Å². The largest absolute Gasteiger partial charge is 0.379 e. The number of likely N-dealkylation sites (N-methyl/N-ethyl adjacent to an activating group) is 1. The summed E-state index contributed by atoms with van der Waals surface area (Å²) in [5.74, 6) is 2.28. The van der Waals surface area contributed by atoms with Gasteiger partial charge in [0.15, 0.2) is 0 Å². The lowest BCUT2D eigenvalue weighted by Crippen LogP contribution is -2.59. The predicted octanol–water partition coefficient (Wildman–Crippen LogP) is 4.23. The second kappa shape index (κ2) is 10.3. The van der Waals surface area contributed by atoms with Crippen LogP contribution >= 0.6 is 0 Å². The molecule has 11 heteroatoms. The molecule has 8 rings (SSSR count). The van der Waals surface area contributed by atoms with Crippen LogP contribution in [0, 0.1) is 23.2 Å². The Morgan fingerprint density at radius 2 is 1.80 bits per heavy atom. The van der Waals surface area contributed by atoms with E-state index < -0.39 is 16.2 Å². The van der Waals surface area contributed by atoms with Gasteiger partial charge in [-0.15, -0.1) is 0 Å². The summed E-state index contributed by atoms with van der Waals surface area (Å²) in [6.07, 6.45) is 9.36. The quantitative estimate of drug-likeness (QED) is 0.284. The van der Waals surface area contributed by atoms with Gasteiger partial charge in [-0.05, 0) is 86.1 Å². The van der Waals surface area contributed by atoms with E-state index in [1.165, 1.54) is 37.1 Å². The van der Waals surface area contributed by atoms with E-state index in [9.17, 15) is 22.8 Å². The smallest absolute Gasteiger partial charge is 0.339 e. The Labute approximate surface area is 262 Å². The number of aromatic nitrogens is 1. The fourth-order valence-electron chi connectivity index (χ4n) is 9.24. The third-order valence-corrected chi connectivity index (χ3v) is 12.6. The van der Waals surface area contributed by atoms with E-state index in [2.05, 4.69) is 4.98 Å². The highest BCUT2D eigenvalue weighted by Gasteiger charge is 2.68. The molecule has 3 heterocycles. The Morgan fingerprint density at radius 3 is 2.51 bits per heavy atom. The zero-order chi connectivity index (χ0) is 31.1. The molecule has 234 valence electrons. The average Bonchev–Trinajstić information content (AvgIpc) is 3.61. The van der Waals surface area contributed by atoms with Gasteiger partial charge >= 0.3 is 16.1 Å². The monoisotopic (exact) mass is 628 g/mol. The summed E-state index contributed by atoms with van der Waals surface area (Å²) in [7, 11) is -2.59. The molecule has 0 radical (unpaired) electrons. The van der Waals surface area contributed by atoms with Crippen LogP contribution in [-0.4, -0.2) is 78.2 Å². The van der Waals surface area contributed by atoms with Crippen molar-refractivity contribution in [2.75, 3.05) is 20.1 Å². The lowest BCUT2D eigenvalue weighted by molar-refractivity contribution is -0.162. The Kier molecular flexibility index (Phi) is 6.50. The van der Waals surface area contributed by atoms with Crippen LogP contribution in [0.1, 0.15) is 44.1 Å². The maximum atomic E-state index is 13.6. The minimum absolute atomic E-state index is 0.0555. The summed E-state index contributed by atoms with van der Waals surface area (Å²) >= 11 is 0. The van der Waals surface area contributed by atoms with Crippen molar-refractivity contribution in [2.24, 2.45) is 23.2 Å². The molecule has 3 aliphatic carbocycles. The number of likely N-dealkylation sites (tertiary alicyclic amines) is 1. The van der Waals surface area contributed by atoms with Crippen LogP contribution in [0.25, 0.3) is 10.8 Å². The lowest BCUT2D eigenvalue weighted by Gasteiger charge is -2.54. The van der Waals surface area contributed by atoms with Gasteiger partial charge in [-0.2, -0.15) is 8.42 Å². The Balaban J connectivity index is 0.939. The van der Waals surface area contributed by atoms with Crippen molar-refractivity contribution < 1.29 is 27.0 Å². The molecular formula is C34H36N4O6S. The van der Waals surface area contributed by atoms with Gasteiger partial charge in [-0.1, -0.05) is 24.3 Å². The molecule has 0 spiro atoms. The van der Waals surface area contributed by atoms with Crippen LogP contribution in [0.15, 0.2) is 65.8 Å². The minimum atomic E-state index is -4.11. The van der Waals surface area contributed by atoms with Gasteiger partial charge in [-0.3, -0.25) is 19.5 Å². The summed E-state index contributed by atoms with van der Waals surface area (Å²) < 4.78 is 31.8. The van der Waals surface area contributed by atoms with Gasteiger partial charge in [0.2, 0.25) is 5.91 Å². The molecule has 45 heavy (non-hydrogen) atoms. The van der Waals surface area contributed by atoms with E-state index in [-0.39, 0.29) is 34.0 Å². The van der Waals surface area contributed by atoms with Crippen LogP contribution in [0.3, 0.4) is 0 Å². The van der Waals surface area contributed by atoms with Gasteiger partial charge in [0, 0.05) is 55.8 Å². The van der Waals surface area contributed by atoms with Crippen molar-refractivity contribution >= 4 is 38.7 Å². The number of benzene rings is 2. The van der Waals surface area contributed by atoms with Crippen molar-refractivity contribution in [3.63, 3.8) is 0 Å². The molecule has 3 saturated carbocycles. The van der Waals surface area contributed by atoms with E-state index >= 15 is 0 Å². The maximum absolute atomic E-state index is 13.6. The Morgan fingerprint density at radius 1 is 1.02 bits per heavy atom. The Bertz CT molecular complexity index is 1820. The Hall–Kier alpha value is -3.99. The highest BCUT2D eigenvalue weighted by atomic mass is 32.2. The van der Waals surface area contributed by atoms with Gasteiger partial charge in [0.1, 0.15) is 16.7 Å². The highest BCUT2D eigenvalue weighted by molar-refractivity contribution is 7.87. The molecule has 3 aromatic rings. The topological polar surface area (TPSA) is 117 Å². The van der Waals surface area contributed by atoms with Crippen molar-refractivity contribution in [3.8, 4) is 5.75 Å². The molecule has 0 N–H and O–H groups in total. The first-order valence-electron chi connectivity index (χ1n) is 15.9. The number of imide groups is 1. The van der Waals surface area contributed by atoms with Gasteiger partial charge in [0.25, 0.3) is 5.91 Å². The second-order valence-electron chi connectivity index (χ2n) is 13.6. The van der Waals surface area contributed by atoms with Crippen molar-refractivity contribution in [1.82, 2.24) is 19.7 Å². The fourth-order valence-corrected chi connectivity index (χ4v) is 10.4. The lowest BCUT2D eigenvalue weighted by atomic mass is 9.52. The SMILES string of the molecule is CN1C(=O)C(Cc2ccc(OS(=O)(=O)c3cccc4cnccc34)cc2)N(C2CCN(C(=O)C34CC5CC(C3)C4C5)CC2)C1=O. The van der Waals surface area contributed by atoms with E-state index in [4.69, 9.17) is 4.18 Å². The van der Waals surface area contributed by atoms with E-state index in [1.54, 1.807) is 53.6 Å². The normalized spacial score (nSPS) is 29.5. The molecule has 4 amide bonds. The number of fused-ring (bicyclic) bond motifs is 2. The molecule has 2 bridgehead atoms. The van der Waals surface area contributed by atoms with E-state index in [0.29, 0.717) is 54.9 Å². The van der Waals surface area contributed by atoms with Gasteiger partial charge in [-0.25, -0.2) is 4.79 Å². The third kappa shape index (κ3) is 4.45.